The van der Waals surface area contributed by atoms with E-state index in [4.69, 9.17) is 14.2 Å². The molecule has 140 valence electrons. The van der Waals surface area contributed by atoms with Crippen LogP contribution in [0, 0.1) is 0 Å². The summed E-state index contributed by atoms with van der Waals surface area (Å²) in [5.74, 6) is 0.0581. The van der Waals surface area contributed by atoms with Crippen molar-refractivity contribution in [2.45, 2.75) is 31.6 Å². The Kier molecular flexibility index (Phi) is 6.99. The Morgan fingerprint density at radius 1 is 1.38 bits per heavy atom. The maximum absolute atomic E-state index is 12.7. The van der Waals surface area contributed by atoms with E-state index in [1.165, 1.54) is 6.92 Å². The summed E-state index contributed by atoms with van der Waals surface area (Å²) in [7, 11) is 1.57. The molecule has 1 aromatic carbocycles. The molecule has 0 radical (unpaired) electrons. The molecule has 0 bridgehead atoms. The second kappa shape index (κ2) is 9.00. The number of halogens is 1. The monoisotopic (exact) mass is 423 g/mol. The van der Waals surface area contributed by atoms with Gasteiger partial charge in [-0.1, -0.05) is 28.6 Å². The molecule has 0 N–H and O–H groups in total. The standard InChI is InChI=1S/C19H22BrNO5/c1-5-10-25-18-17(16(11-12(2)20)26-13(3)22)21(19(18)23)14-6-8-15(24-4)9-7-14/h5-9,16-18H,1-2,10-11H2,3-4H3/t16-,17+,18-/m1/s1. The third-order valence-corrected chi connectivity index (χ3v) is 4.28. The van der Waals surface area contributed by atoms with E-state index in [-0.39, 0.29) is 12.5 Å². The highest BCUT2D eigenvalue weighted by Gasteiger charge is 2.54. The Morgan fingerprint density at radius 3 is 2.54 bits per heavy atom. The lowest BCUT2D eigenvalue weighted by atomic mass is 9.89. The Hall–Kier alpha value is -2.12. The Morgan fingerprint density at radius 2 is 2.04 bits per heavy atom. The summed E-state index contributed by atoms with van der Waals surface area (Å²) in [4.78, 5) is 25.8. The van der Waals surface area contributed by atoms with Crippen molar-refractivity contribution in [1.29, 1.82) is 0 Å². The van der Waals surface area contributed by atoms with Crippen molar-refractivity contribution >= 4 is 33.5 Å². The van der Waals surface area contributed by atoms with Crippen molar-refractivity contribution in [2.24, 2.45) is 0 Å². The molecule has 0 aliphatic carbocycles. The van der Waals surface area contributed by atoms with Crippen molar-refractivity contribution in [3.8, 4) is 5.75 Å². The lowest BCUT2D eigenvalue weighted by Crippen LogP contribution is -2.70. The smallest absolute Gasteiger partial charge is 0.302 e. The predicted molar refractivity (Wildman–Crippen MR) is 102 cm³/mol. The third-order valence-electron chi connectivity index (χ3n) is 3.95. The molecule has 1 aromatic rings. The summed E-state index contributed by atoms with van der Waals surface area (Å²) < 4.78 is 16.9. The number of amides is 1. The van der Waals surface area contributed by atoms with Crippen molar-refractivity contribution in [2.75, 3.05) is 18.6 Å². The highest BCUT2D eigenvalue weighted by molar-refractivity contribution is 9.11. The number of rotatable bonds is 9. The fraction of sp³-hybridized carbons (Fsp3) is 0.368. The van der Waals surface area contributed by atoms with Gasteiger partial charge in [-0.2, -0.15) is 0 Å². The molecule has 7 heteroatoms. The predicted octanol–water partition coefficient (Wildman–Crippen LogP) is 3.21. The SMILES string of the molecule is C=CCO[C@H]1C(=O)N(c2ccc(OC)cc2)[C@H]1[C@@H](CC(=C)Br)OC(C)=O. The van der Waals surface area contributed by atoms with Gasteiger partial charge in [0.15, 0.2) is 6.10 Å². The molecular formula is C19H22BrNO5. The topological polar surface area (TPSA) is 65.1 Å². The maximum Gasteiger partial charge on any atom is 0.302 e. The number of β-lactam (4-membered cyclic amide) rings is 1. The number of benzene rings is 1. The summed E-state index contributed by atoms with van der Waals surface area (Å²) in [6.45, 7) is 8.99. The van der Waals surface area contributed by atoms with Crippen LogP contribution in [0.4, 0.5) is 5.69 Å². The van der Waals surface area contributed by atoms with E-state index < -0.39 is 24.2 Å². The molecule has 1 aliphatic heterocycles. The van der Waals surface area contributed by atoms with Gasteiger partial charge in [0.05, 0.1) is 13.7 Å². The van der Waals surface area contributed by atoms with Gasteiger partial charge in [-0.3, -0.25) is 9.59 Å². The van der Waals surface area contributed by atoms with E-state index in [2.05, 4.69) is 29.1 Å². The Labute approximate surface area is 161 Å². The van der Waals surface area contributed by atoms with Crippen LogP contribution in [0.15, 0.2) is 48.0 Å². The molecule has 0 aromatic heterocycles. The quantitative estimate of drug-likeness (QED) is 0.346. The number of anilines is 1. The number of ether oxygens (including phenoxy) is 3. The molecule has 1 amide bonds. The second-order valence-corrected chi connectivity index (χ2v) is 6.93. The second-order valence-electron chi connectivity index (χ2n) is 5.81. The Balaban J connectivity index is 2.33. The molecule has 1 heterocycles. The summed E-state index contributed by atoms with van der Waals surface area (Å²) in [6.07, 6.45) is 0.628. The van der Waals surface area contributed by atoms with Gasteiger partial charge in [0, 0.05) is 19.0 Å². The number of carbonyl (C=O) groups is 2. The average molecular weight is 424 g/mol. The highest BCUT2D eigenvalue weighted by atomic mass is 79.9. The third kappa shape index (κ3) is 4.53. The van der Waals surface area contributed by atoms with Gasteiger partial charge in [-0.05, 0) is 28.7 Å². The fourth-order valence-electron chi connectivity index (χ4n) is 2.89. The maximum atomic E-state index is 12.7. The number of methoxy groups -OCH3 is 1. The minimum absolute atomic E-state index is 0.195. The van der Waals surface area contributed by atoms with Crippen molar-refractivity contribution in [3.63, 3.8) is 0 Å². The molecule has 3 atom stereocenters. The van der Waals surface area contributed by atoms with Gasteiger partial charge >= 0.3 is 5.97 Å². The van der Waals surface area contributed by atoms with Crippen molar-refractivity contribution < 1.29 is 23.8 Å². The molecule has 26 heavy (non-hydrogen) atoms. The summed E-state index contributed by atoms with van der Waals surface area (Å²) in [5.41, 5.74) is 0.677. The molecule has 1 aliphatic rings. The normalized spacial score (nSPS) is 20.1. The van der Waals surface area contributed by atoms with Crippen LogP contribution in [0.2, 0.25) is 0 Å². The number of esters is 1. The van der Waals surface area contributed by atoms with Crippen LogP contribution in [-0.2, 0) is 19.1 Å². The van der Waals surface area contributed by atoms with Gasteiger partial charge in [-0.15, -0.1) is 6.58 Å². The van der Waals surface area contributed by atoms with E-state index in [9.17, 15) is 9.59 Å². The zero-order valence-electron chi connectivity index (χ0n) is 14.8. The van der Waals surface area contributed by atoms with E-state index in [1.807, 2.05) is 0 Å². The van der Waals surface area contributed by atoms with Gasteiger partial charge in [0.2, 0.25) is 0 Å². The summed E-state index contributed by atoms with van der Waals surface area (Å²) in [5, 5.41) is 0. The van der Waals surface area contributed by atoms with Gasteiger partial charge in [0.25, 0.3) is 5.91 Å². The van der Waals surface area contributed by atoms with E-state index in [0.29, 0.717) is 22.3 Å². The van der Waals surface area contributed by atoms with Crippen LogP contribution in [0.1, 0.15) is 13.3 Å². The Bertz CT molecular complexity index is 672. The van der Waals surface area contributed by atoms with Crippen LogP contribution < -0.4 is 9.64 Å². The van der Waals surface area contributed by atoms with Crippen molar-refractivity contribution in [1.82, 2.24) is 0 Å². The largest absolute Gasteiger partial charge is 0.497 e. The van der Waals surface area contributed by atoms with E-state index in [1.54, 1.807) is 42.4 Å². The number of nitrogens with zero attached hydrogens (tertiary/aromatic N) is 1. The highest BCUT2D eigenvalue weighted by Crippen LogP contribution is 2.36. The summed E-state index contributed by atoms with van der Waals surface area (Å²) in [6, 6.07) is 6.63. The summed E-state index contributed by atoms with van der Waals surface area (Å²) >= 11 is 3.31. The fourth-order valence-corrected chi connectivity index (χ4v) is 3.21. The van der Waals surface area contributed by atoms with Crippen LogP contribution in [0.3, 0.4) is 0 Å². The molecule has 1 fully saturated rings. The first-order chi connectivity index (χ1) is 12.4. The average Bonchev–Trinajstić information content (AvgIpc) is 2.59. The van der Waals surface area contributed by atoms with Gasteiger partial charge in [-0.25, -0.2) is 0 Å². The first kappa shape index (κ1) is 20.2. The van der Waals surface area contributed by atoms with Gasteiger partial charge < -0.3 is 19.1 Å². The zero-order valence-corrected chi connectivity index (χ0v) is 16.4. The first-order valence-electron chi connectivity index (χ1n) is 8.09. The van der Waals surface area contributed by atoms with Crippen LogP contribution in [0.5, 0.6) is 5.75 Å². The molecule has 2 rings (SSSR count). The number of hydrogen-bond acceptors (Lipinski definition) is 5. The lowest BCUT2D eigenvalue weighted by molar-refractivity contribution is -0.159. The van der Waals surface area contributed by atoms with Crippen molar-refractivity contribution in [3.05, 3.63) is 48.0 Å². The molecule has 6 nitrogen and oxygen atoms in total. The van der Waals surface area contributed by atoms with E-state index >= 15 is 0 Å². The molecule has 1 saturated heterocycles. The number of carbonyl (C=O) groups excluding carboxylic acids is 2. The molecule has 0 unspecified atom stereocenters. The lowest BCUT2D eigenvalue weighted by Gasteiger charge is -2.49. The van der Waals surface area contributed by atoms with E-state index in [0.717, 1.165) is 0 Å². The van der Waals surface area contributed by atoms with Crippen LogP contribution >= 0.6 is 15.9 Å². The zero-order chi connectivity index (χ0) is 19.3. The van der Waals surface area contributed by atoms with Crippen LogP contribution in [-0.4, -0.2) is 43.8 Å². The van der Waals surface area contributed by atoms with Crippen LogP contribution in [0.25, 0.3) is 0 Å². The minimum atomic E-state index is -0.716. The number of hydrogen-bond donors (Lipinski definition) is 0. The molecule has 0 spiro atoms. The molecule has 0 saturated carbocycles. The van der Waals surface area contributed by atoms with Gasteiger partial charge in [0.1, 0.15) is 17.9 Å². The molecular weight excluding hydrogens is 402 g/mol. The first-order valence-corrected chi connectivity index (χ1v) is 8.88. The minimum Gasteiger partial charge on any atom is -0.497 e.